The summed E-state index contributed by atoms with van der Waals surface area (Å²) in [5.41, 5.74) is 5.94. The van der Waals surface area contributed by atoms with Gasteiger partial charge in [-0.3, -0.25) is 9.78 Å². The molecule has 1 saturated carbocycles. The van der Waals surface area contributed by atoms with Gasteiger partial charge in [0.25, 0.3) is 0 Å². The van der Waals surface area contributed by atoms with Crippen molar-refractivity contribution in [2.45, 2.75) is 19.3 Å². The van der Waals surface area contributed by atoms with Crippen molar-refractivity contribution >= 4 is 23.2 Å². The molecule has 3 aliphatic rings. The van der Waals surface area contributed by atoms with Crippen LogP contribution in [0.15, 0.2) is 36.5 Å². The first-order chi connectivity index (χ1) is 13.7. The Morgan fingerprint density at radius 1 is 1.11 bits per heavy atom. The molecule has 2 fully saturated rings. The van der Waals surface area contributed by atoms with E-state index >= 15 is 0 Å². The highest BCUT2D eigenvalue weighted by Crippen LogP contribution is 2.39. The number of carbonyl (C=O) groups excluding carboxylic acids is 1. The number of methoxy groups -OCH3 is 1. The van der Waals surface area contributed by atoms with E-state index in [2.05, 4.69) is 28.1 Å². The number of hydrogen-bond acceptors (Lipinski definition) is 4. The fourth-order valence-corrected chi connectivity index (χ4v) is 4.32. The highest BCUT2D eigenvalue weighted by molar-refractivity contribution is 5.93. The van der Waals surface area contributed by atoms with Crippen molar-refractivity contribution in [2.24, 2.45) is 5.92 Å². The fraction of sp³-hybridized carbons (Fsp3) is 0.391. The maximum absolute atomic E-state index is 12.3. The number of allylic oxidation sites excluding steroid dienone is 1. The minimum Gasteiger partial charge on any atom is -0.496 e. The van der Waals surface area contributed by atoms with Crippen molar-refractivity contribution in [1.29, 1.82) is 0 Å². The predicted molar refractivity (Wildman–Crippen MR) is 110 cm³/mol. The molecule has 144 valence electrons. The number of amides is 1. The van der Waals surface area contributed by atoms with Crippen LogP contribution in [-0.2, 0) is 11.2 Å². The van der Waals surface area contributed by atoms with E-state index in [1.165, 1.54) is 16.8 Å². The Morgan fingerprint density at radius 2 is 1.89 bits per heavy atom. The summed E-state index contributed by atoms with van der Waals surface area (Å²) in [6, 6.07) is 10.3. The smallest absolute Gasteiger partial charge is 0.225 e. The monoisotopic (exact) mass is 375 g/mol. The van der Waals surface area contributed by atoms with Crippen LogP contribution in [0.3, 0.4) is 0 Å². The number of pyridine rings is 1. The summed E-state index contributed by atoms with van der Waals surface area (Å²) >= 11 is 0. The predicted octanol–water partition coefficient (Wildman–Crippen LogP) is 3.25. The zero-order valence-corrected chi connectivity index (χ0v) is 16.2. The van der Waals surface area contributed by atoms with Crippen molar-refractivity contribution in [1.82, 2.24) is 9.88 Å². The number of aromatic nitrogens is 1. The summed E-state index contributed by atoms with van der Waals surface area (Å²) in [4.78, 5) is 21.4. The van der Waals surface area contributed by atoms with Crippen LogP contribution in [0, 0.1) is 5.92 Å². The fourth-order valence-electron chi connectivity index (χ4n) is 4.32. The van der Waals surface area contributed by atoms with Crippen molar-refractivity contribution in [3.05, 3.63) is 53.3 Å². The van der Waals surface area contributed by atoms with Gasteiger partial charge in [0.2, 0.25) is 5.91 Å². The molecule has 2 aromatic rings. The molecule has 5 heteroatoms. The van der Waals surface area contributed by atoms with E-state index in [0.29, 0.717) is 11.8 Å². The summed E-state index contributed by atoms with van der Waals surface area (Å²) < 4.78 is 5.55. The van der Waals surface area contributed by atoms with Crippen LogP contribution in [-0.4, -0.2) is 49.1 Å². The summed E-state index contributed by atoms with van der Waals surface area (Å²) in [5, 5.41) is 0. The molecule has 1 aliphatic heterocycles. The molecule has 28 heavy (non-hydrogen) atoms. The van der Waals surface area contributed by atoms with Gasteiger partial charge in [-0.15, -0.1) is 0 Å². The van der Waals surface area contributed by atoms with Crippen molar-refractivity contribution < 1.29 is 9.53 Å². The molecule has 1 aromatic carbocycles. The van der Waals surface area contributed by atoms with Crippen LogP contribution in [0.2, 0.25) is 0 Å². The minimum atomic E-state index is 0.308. The molecule has 1 saturated heterocycles. The molecule has 5 nitrogen and oxygen atoms in total. The maximum Gasteiger partial charge on any atom is 0.225 e. The summed E-state index contributed by atoms with van der Waals surface area (Å²) in [6.07, 6.45) is 7.15. The Bertz CT molecular complexity index is 941. The first-order valence-corrected chi connectivity index (χ1v) is 10.1. The summed E-state index contributed by atoms with van der Waals surface area (Å²) in [5.74, 6) is 1.57. The third-order valence-electron chi connectivity index (χ3n) is 6.04. The Kier molecular flexibility index (Phi) is 4.30. The number of piperazine rings is 1. The van der Waals surface area contributed by atoms with E-state index in [1.807, 2.05) is 29.3 Å². The average Bonchev–Trinajstić information content (AvgIpc) is 3.51. The number of benzene rings is 1. The highest BCUT2D eigenvalue weighted by atomic mass is 16.5. The highest BCUT2D eigenvalue weighted by Gasteiger charge is 2.35. The molecular weight excluding hydrogens is 350 g/mol. The molecule has 0 N–H and O–H groups in total. The lowest BCUT2D eigenvalue weighted by atomic mass is 10.0. The number of fused-ring (bicyclic) bond motifs is 1. The van der Waals surface area contributed by atoms with Gasteiger partial charge in [0.15, 0.2) is 0 Å². The van der Waals surface area contributed by atoms with E-state index < -0.39 is 0 Å². The van der Waals surface area contributed by atoms with E-state index in [4.69, 9.17) is 4.74 Å². The lowest BCUT2D eigenvalue weighted by Gasteiger charge is -2.37. The van der Waals surface area contributed by atoms with Crippen molar-refractivity contribution in [2.75, 3.05) is 38.2 Å². The lowest BCUT2D eigenvalue weighted by molar-refractivity contribution is -0.132. The Labute approximate surface area is 165 Å². The van der Waals surface area contributed by atoms with Crippen LogP contribution in [0.5, 0.6) is 5.75 Å². The summed E-state index contributed by atoms with van der Waals surface area (Å²) in [6.45, 7) is 3.39. The van der Waals surface area contributed by atoms with Crippen molar-refractivity contribution in [3.8, 4) is 5.75 Å². The van der Waals surface area contributed by atoms with Crippen LogP contribution in [0.1, 0.15) is 29.7 Å². The SMILES string of the molecule is COc1ccccc1C1=Cc2c(N3CCN(C(=O)C4CC4)CC3)ccnc2C1. The third-order valence-corrected chi connectivity index (χ3v) is 6.04. The number of anilines is 1. The number of carbonyl (C=O) groups is 1. The largest absolute Gasteiger partial charge is 0.496 e. The van der Waals surface area contributed by atoms with Gasteiger partial charge in [-0.25, -0.2) is 0 Å². The van der Waals surface area contributed by atoms with Gasteiger partial charge in [-0.05, 0) is 36.6 Å². The number of rotatable bonds is 4. The Balaban J connectivity index is 1.38. The molecule has 0 radical (unpaired) electrons. The van der Waals surface area contributed by atoms with Gasteiger partial charge >= 0.3 is 0 Å². The maximum atomic E-state index is 12.3. The quantitative estimate of drug-likeness (QED) is 0.823. The molecule has 1 aromatic heterocycles. The van der Waals surface area contributed by atoms with Gasteiger partial charge in [-0.2, -0.15) is 0 Å². The molecule has 0 spiro atoms. The Hall–Kier alpha value is -2.82. The third kappa shape index (κ3) is 3.05. The second-order valence-corrected chi connectivity index (χ2v) is 7.82. The second kappa shape index (κ2) is 6.97. The lowest BCUT2D eigenvalue weighted by Crippen LogP contribution is -2.49. The van der Waals surface area contributed by atoms with E-state index in [1.54, 1.807) is 7.11 Å². The molecule has 0 atom stereocenters. The molecule has 2 heterocycles. The first kappa shape index (κ1) is 17.3. The van der Waals surface area contributed by atoms with Crippen LogP contribution in [0.25, 0.3) is 11.6 Å². The van der Waals surface area contributed by atoms with E-state index in [0.717, 1.165) is 62.4 Å². The first-order valence-electron chi connectivity index (χ1n) is 10.1. The number of ether oxygens (including phenoxy) is 1. The number of nitrogens with zero attached hydrogens (tertiary/aromatic N) is 3. The summed E-state index contributed by atoms with van der Waals surface area (Å²) in [7, 11) is 1.72. The molecular formula is C23H25N3O2. The molecule has 1 amide bonds. The van der Waals surface area contributed by atoms with Gasteiger partial charge in [0, 0.05) is 61.5 Å². The van der Waals surface area contributed by atoms with Crippen molar-refractivity contribution in [3.63, 3.8) is 0 Å². The number of hydrogen-bond donors (Lipinski definition) is 0. The zero-order valence-electron chi connectivity index (χ0n) is 16.2. The van der Waals surface area contributed by atoms with E-state index in [9.17, 15) is 4.79 Å². The molecule has 0 unspecified atom stereocenters. The topological polar surface area (TPSA) is 45.7 Å². The van der Waals surface area contributed by atoms with Gasteiger partial charge in [0.05, 0.1) is 12.8 Å². The van der Waals surface area contributed by atoms with Crippen LogP contribution in [0.4, 0.5) is 5.69 Å². The van der Waals surface area contributed by atoms with Crippen LogP contribution < -0.4 is 9.64 Å². The second-order valence-electron chi connectivity index (χ2n) is 7.82. The molecule has 0 bridgehead atoms. The van der Waals surface area contributed by atoms with Gasteiger partial charge < -0.3 is 14.5 Å². The van der Waals surface area contributed by atoms with Gasteiger partial charge in [-0.1, -0.05) is 18.2 Å². The molecule has 5 rings (SSSR count). The minimum absolute atomic E-state index is 0.308. The van der Waals surface area contributed by atoms with E-state index in [-0.39, 0.29) is 0 Å². The standard InChI is InChI=1S/C23H25N3O2/c1-28-22-5-3-2-4-18(22)17-14-19-20(15-17)24-9-8-21(19)25-10-12-26(13-11-25)23(27)16-6-7-16/h2-5,8-9,14,16H,6-7,10-13,15H2,1H3. The van der Waals surface area contributed by atoms with Crippen LogP contribution >= 0.6 is 0 Å². The van der Waals surface area contributed by atoms with Gasteiger partial charge in [0.1, 0.15) is 5.75 Å². The number of para-hydroxylation sites is 1. The molecule has 2 aliphatic carbocycles. The Morgan fingerprint density at radius 3 is 2.64 bits per heavy atom. The zero-order chi connectivity index (χ0) is 19.1. The normalized spacial score (nSPS) is 18.7. The average molecular weight is 375 g/mol.